The van der Waals surface area contributed by atoms with Crippen molar-refractivity contribution in [3.05, 3.63) is 132 Å². The molecule has 98 heavy (non-hydrogen) atoms. The Morgan fingerprint density at radius 2 is 1.38 bits per heavy atom. The highest BCUT2D eigenvalue weighted by Gasteiger charge is 2.38. The number of aromatic nitrogens is 1. The second-order valence-electron chi connectivity index (χ2n) is 25.5. The number of ketones is 1. The first-order valence-electron chi connectivity index (χ1n) is 32.1. The molecule has 0 unspecified atom stereocenters. The predicted molar refractivity (Wildman–Crippen MR) is 377 cm³/mol. The third kappa shape index (κ3) is 27.5. The molecule has 0 saturated carbocycles. The average molecular weight is 1430 g/mol. The van der Waals surface area contributed by atoms with Crippen molar-refractivity contribution in [3.63, 3.8) is 0 Å². The fourth-order valence-corrected chi connectivity index (χ4v) is 14.3. The molecule has 0 bridgehead atoms. The van der Waals surface area contributed by atoms with Gasteiger partial charge in [0.05, 0.1) is 12.1 Å². The van der Waals surface area contributed by atoms with Crippen LogP contribution in [0.1, 0.15) is 109 Å². The van der Waals surface area contributed by atoms with E-state index in [2.05, 4.69) is 52.8 Å². The number of aromatic hydroxyl groups is 1. The maximum atomic E-state index is 15.3. The summed E-state index contributed by atoms with van der Waals surface area (Å²) < 4.78 is 10.9. The van der Waals surface area contributed by atoms with Crippen LogP contribution in [0.4, 0.5) is 9.59 Å². The van der Waals surface area contributed by atoms with Crippen molar-refractivity contribution in [2.75, 3.05) is 30.3 Å². The number of nitrogens with one attached hydrogen (secondary N) is 9. The average Bonchev–Trinajstić information content (AvgIpc) is 1.61. The summed E-state index contributed by atoms with van der Waals surface area (Å²) in [5.41, 5.74) is 7.56. The topological polar surface area (TPSA) is 394 Å². The zero-order valence-electron chi connectivity index (χ0n) is 55.8. The number of phenolic OH excluding ortho intramolecular Hbond substituents is 1. The van der Waals surface area contributed by atoms with Crippen LogP contribution in [0.15, 0.2) is 114 Å². The van der Waals surface area contributed by atoms with Crippen LogP contribution < -0.4 is 53.6 Å². The van der Waals surface area contributed by atoms with E-state index < -0.39 is 144 Å². The van der Waals surface area contributed by atoms with Crippen molar-refractivity contribution in [1.82, 2.24) is 52.8 Å². The lowest BCUT2D eigenvalue weighted by molar-refractivity contribution is -0.137. The fourth-order valence-electron chi connectivity index (χ4n) is 10.1. The van der Waals surface area contributed by atoms with Crippen molar-refractivity contribution in [1.29, 1.82) is 0 Å². The molecule has 1 aliphatic heterocycles. The van der Waals surface area contributed by atoms with Crippen molar-refractivity contribution < 1.29 is 72.4 Å². The number of unbranched alkanes of at least 4 members (excludes halogenated alkanes) is 1. The molecule has 530 valence electrons. The predicted octanol–water partition coefficient (Wildman–Crippen LogP) is 4.88. The number of ether oxygens (including phenoxy) is 2. The van der Waals surface area contributed by atoms with Gasteiger partial charge in [0, 0.05) is 68.1 Å². The number of alkyl carbamates (subject to hydrolysis) is 2. The molecule has 1 saturated heterocycles. The Labute approximate surface area is 586 Å². The van der Waals surface area contributed by atoms with Crippen molar-refractivity contribution >= 4 is 114 Å². The van der Waals surface area contributed by atoms with Crippen molar-refractivity contribution in [2.45, 2.75) is 171 Å². The van der Waals surface area contributed by atoms with E-state index in [1.165, 1.54) is 40.6 Å². The molecule has 6 rings (SSSR count). The van der Waals surface area contributed by atoms with E-state index in [0.717, 1.165) is 37.7 Å². The minimum absolute atomic E-state index is 0.0107. The monoisotopic (exact) mass is 1430 g/mol. The third-order valence-electron chi connectivity index (χ3n) is 15.0. The van der Waals surface area contributed by atoms with Gasteiger partial charge in [0.2, 0.25) is 47.3 Å². The van der Waals surface area contributed by atoms with Crippen LogP contribution in [0.25, 0.3) is 5.57 Å². The van der Waals surface area contributed by atoms with E-state index in [-0.39, 0.29) is 68.7 Å². The van der Waals surface area contributed by atoms with Crippen molar-refractivity contribution in [2.24, 2.45) is 11.7 Å². The number of carbonyl (C=O) groups excluding carboxylic acids is 11. The first-order valence-corrected chi connectivity index (χ1v) is 36.9. The molecule has 2 aliphatic rings. The summed E-state index contributed by atoms with van der Waals surface area (Å²) in [5, 5.41) is 46.3. The van der Waals surface area contributed by atoms with Gasteiger partial charge in [-0.25, -0.2) is 14.6 Å². The molecule has 1 aliphatic carbocycles. The Bertz CT molecular complexity index is 3430. The number of hydrogen-bond acceptors (Lipinski definition) is 20. The van der Waals surface area contributed by atoms with Gasteiger partial charge < -0.3 is 73.3 Å². The van der Waals surface area contributed by atoms with E-state index >= 15 is 14.4 Å². The molecule has 1 fully saturated rings. The molecule has 4 aromatic rings. The number of aliphatic hydroxyl groups is 1. The van der Waals surface area contributed by atoms with E-state index in [9.17, 15) is 48.6 Å². The molecule has 30 heteroatoms. The number of allylic oxidation sites excluding steroid dienone is 1. The number of amides is 10. The Kier molecular flexibility index (Phi) is 31.1. The highest BCUT2D eigenvalue weighted by Crippen LogP contribution is 2.32. The Morgan fingerprint density at radius 1 is 0.714 bits per heavy atom. The number of hydrogen-bond donors (Lipinski definition) is 12. The van der Waals surface area contributed by atoms with Crippen LogP contribution in [-0.2, 0) is 71.9 Å². The number of benzene rings is 3. The Hall–Kier alpha value is -8.32. The maximum absolute atomic E-state index is 15.3. The second-order valence-corrected chi connectivity index (χ2v) is 30.5. The first-order chi connectivity index (χ1) is 46.5. The summed E-state index contributed by atoms with van der Waals surface area (Å²) in [5.74, 6) is -9.48. The lowest BCUT2D eigenvalue weighted by Gasteiger charge is -2.29. The number of nitrogens with zero attached hydrogens (tertiary/aromatic N) is 1. The van der Waals surface area contributed by atoms with Crippen LogP contribution >= 0.6 is 43.2 Å². The first kappa shape index (κ1) is 78.7. The minimum atomic E-state index is -1.83. The molecule has 0 spiro atoms. The van der Waals surface area contributed by atoms with E-state index in [1.54, 1.807) is 96.3 Å². The number of fused-ring (bicyclic) bond motifs is 1. The SMILES string of the molecule is C[C@@H](O)[C@@H]1NC(=O)[C@H](CCCCNC(=O)OC(C)(C)C)NC(=O)[C@@H](CC2=CCc3ccccc32)NC(=O)[C@H](Cc2ccc(O)cc2)CC(=O)[C@@H](NC(=O)[C@@H](Cc2ccccc2)NC(=O)OC(C)(C)C)CSSC[C@@H](C(=O)N[C@@H](CNC(=O)CCSSc2ccccn2)C(N)=O)NC1=O. The van der Waals surface area contributed by atoms with Gasteiger partial charge in [-0.05, 0) is 143 Å². The number of Topliss-reactive ketones (excluding diaryl/α,β-unsaturated/α-hetero) is 1. The highest BCUT2D eigenvalue weighted by molar-refractivity contribution is 8.77. The lowest BCUT2D eigenvalue weighted by Crippen LogP contribution is -2.62. The standard InChI is InChI=1S/C68H89N11O15S4/c1-40(80)57-64(90)77-53(63(89)75-51(58(69)84)37-72-55(83)29-32-95-98-56-22-14-16-30-70-56)39-97-96-38-52(76-61(87)49(34-41-17-9-8-10-18-41)78-66(92)94-68(5,6)7)54(82)36-45(33-42-23-27-46(81)28-24-42)59(85)74-50(35-44-26-25-43-19-11-12-20-47(43)44)62(88)73-48(60(86)79-57)21-13-15-31-71-65(91)93-67(2,3)4/h8-12,14,16-20,22-24,26-28,30,40,45,48-53,57,80-81H,13,15,21,25,29,31-39H2,1-7H3,(H2,69,84)(H,71,91)(H,72,83)(H,73,88)(H,74,85)(H,75,89)(H,76,87)(H,77,90)(H,78,92)(H,79,86)/t40-,45-,48+,49-,50-,51+,52+,53+,57+/m1/s1. The van der Waals surface area contributed by atoms with E-state index in [0.29, 0.717) is 28.9 Å². The minimum Gasteiger partial charge on any atom is -0.508 e. The summed E-state index contributed by atoms with van der Waals surface area (Å²) in [6.07, 6.45) is 0.116. The van der Waals surface area contributed by atoms with Crippen LogP contribution in [-0.4, -0.2) is 170 Å². The number of rotatable bonds is 25. The van der Waals surface area contributed by atoms with Crippen molar-refractivity contribution in [3.8, 4) is 5.75 Å². The molecule has 3 aromatic carbocycles. The van der Waals surface area contributed by atoms with Gasteiger partial charge in [0.15, 0.2) is 5.78 Å². The Morgan fingerprint density at radius 3 is 2.06 bits per heavy atom. The quantitative estimate of drug-likeness (QED) is 0.0310. The van der Waals surface area contributed by atoms with Crippen LogP contribution in [0.2, 0.25) is 0 Å². The number of primary amides is 1. The van der Waals surface area contributed by atoms with Gasteiger partial charge in [0.25, 0.3) is 0 Å². The number of phenols is 1. The summed E-state index contributed by atoms with van der Waals surface area (Å²) in [6, 6.07) is 16.7. The van der Waals surface area contributed by atoms with E-state index in [1.807, 2.05) is 42.5 Å². The molecule has 10 amide bonds. The molecule has 2 heterocycles. The number of carbonyl (C=O) groups is 11. The molecular formula is C68H89N11O15S4. The lowest BCUT2D eigenvalue weighted by atomic mass is 9.90. The fraction of sp³-hybridized carbons (Fsp3) is 0.471. The van der Waals surface area contributed by atoms with Gasteiger partial charge in [0.1, 0.15) is 58.2 Å². The van der Waals surface area contributed by atoms with Crippen LogP contribution in [0, 0.1) is 5.92 Å². The van der Waals surface area contributed by atoms with Gasteiger partial charge >= 0.3 is 12.2 Å². The number of nitrogens with two attached hydrogens (primary N) is 1. The number of pyridine rings is 1. The summed E-state index contributed by atoms with van der Waals surface area (Å²) in [6.45, 7) is 10.8. The van der Waals surface area contributed by atoms with Gasteiger partial charge in [-0.3, -0.25) is 43.2 Å². The zero-order valence-corrected chi connectivity index (χ0v) is 59.1. The largest absolute Gasteiger partial charge is 0.508 e. The molecular weight excluding hydrogens is 1340 g/mol. The molecule has 1 aromatic heterocycles. The Balaban J connectivity index is 1.39. The normalized spacial score (nSPS) is 20.0. The third-order valence-corrected chi connectivity index (χ3v) is 19.7. The van der Waals surface area contributed by atoms with Gasteiger partial charge in [-0.1, -0.05) is 111 Å². The number of aliphatic hydroxyl groups excluding tert-OH is 1. The van der Waals surface area contributed by atoms with Gasteiger partial charge in [-0.15, -0.1) is 0 Å². The molecule has 0 radical (unpaired) electrons. The maximum Gasteiger partial charge on any atom is 0.408 e. The molecule has 26 nitrogen and oxygen atoms in total. The summed E-state index contributed by atoms with van der Waals surface area (Å²) in [7, 11) is 4.60. The summed E-state index contributed by atoms with van der Waals surface area (Å²) >= 11 is 0. The smallest absolute Gasteiger partial charge is 0.408 e. The highest BCUT2D eigenvalue weighted by atomic mass is 33.1. The zero-order chi connectivity index (χ0) is 71.5. The molecule has 13 N–H and O–H groups in total. The van der Waals surface area contributed by atoms with Gasteiger partial charge in [-0.2, -0.15) is 0 Å². The van der Waals surface area contributed by atoms with Crippen LogP contribution in [0.3, 0.4) is 0 Å². The summed E-state index contributed by atoms with van der Waals surface area (Å²) in [4.78, 5) is 161. The molecule has 9 atom stereocenters. The van der Waals surface area contributed by atoms with Crippen LogP contribution in [0.5, 0.6) is 5.75 Å². The van der Waals surface area contributed by atoms with E-state index in [4.69, 9.17) is 15.2 Å². The second kappa shape index (κ2) is 38.7.